The average Bonchev–Trinajstić information content (AvgIpc) is 3.24. The highest BCUT2D eigenvalue weighted by Crippen LogP contribution is 2.58. The summed E-state index contributed by atoms with van der Waals surface area (Å²) < 4.78 is 11.7. The summed E-state index contributed by atoms with van der Waals surface area (Å²) in [7, 11) is 1.62. The molecule has 0 radical (unpaired) electrons. The van der Waals surface area contributed by atoms with E-state index >= 15 is 0 Å². The predicted molar refractivity (Wildman–Crippen MR) is 163 cm³/mol. The number of methoxy groups -OCH3 is 1. The molecule has 8 heteroatoms. The number of hydrazone groups is 1. The van der Waals surface area contributed by atoms with Crippen LogP contribution in [0.5, 0.6) is 17.2 Å². The first-order valence-corrected chi connectivity index (χ1v) is 13.6. The molecule has 0 saturated heterocycles. The lowest BCUT2D eigenvalue weighted by atomic mass is 9.75. The Morgan fingerprint density at radius 3 is 2.34 bits per heavy atom. The fourth-order valence-corrected chi connectivity index (χ4v) is 5.77. The third kappa shape index (κ3) is 4.19. The van der Waals surface area contributed by atoms with E-state index in [0.29, 0.717) is 22.7 Å². The first-order valence-electron chi connectivity index (χ1n) is 13.6. The second-order valence-corrected chi connectivity index (χ2v) is 9.82. The molecule has 1 amide bonds. The van der Waals surface area contributed by atoms with Crippen LogP contribution in [0, 0.1) is 0 Å². The van der Waals surface area contributed by atoms with Gasteiger partial charge in [-0.1, -0.05) is 30.3 Å². The number of nitrogen functional groups attached to an aromatic ring is 1. The van der Waals surface area contributed by atoms with Crippen molar-refractivity contribution in [3.05, 3.63) is 107 Å². The van der Waals surface area contributed by atoms with Crippen LogP contribution in [-0.4, -0.2) is 43.5 Å². The third-order valence-corrected chi connectivity index (χ3v) is 7.70. The quantitative estimate of drug-likeness (QED) is 0.215. The van der Waals surface area contributed by atoms with Crippen LogP contribution in [0.1, 0.15) is 40.9 Å². The normalized spacial score (nSPS) is 17.0. The summed E-state index contributed by atoms with van der Waals surface area (Å²) in [4.78, 5) is 20.8. The van der Waals surface area contributed by atoms with Gasteiger partial charge in [-0.25, -0.2) is 5.01 Å². The molecule has 4 aromatic rings. The molecular weight excluding hydrogens is 514 g/mol. The van der Waals surface area contributed by atoms with Crippen LogP contribution in [0.15, 0.2) is 95.0 Å². The van der Waals surface area contributed by atoms with E-state index in [1.165, 1.54) is 0 Å². The molecule has 0 aromatic heterocycles. The van der Waals surface area contributed by atoms with E-state index in [0.717, 1.165) is 46.9 Å². The van der Waals surface area contributed by atoms with Crippen LogP contribution < -0.4 is 20.1 Å². The fourth-order valence-electron chi connectivity index (χ4n) is 5.77. The minimum Gasteiger partial charge on any atom is -0.497 e. The highest BCUT2D eigenvalue weighted by Gasteiger charge is 2.57. The maximum Gasteiger partial charge on any atom is 0.275 e. The van der Waals surface area contributed by atoms with Crippen molar-refractivity contribution in [2.75, 3.05) is 30.8 Å². The zero-order chi connectivity index (χ0) is 28.6. The van der Waals surface area contributed by atoms with Gasteiger partial charge in [0.2, 0.25) is 0 Å². The Hall–Kier alpha value is -5.11. The van der Waals surface area contributed by atoms with E-state index in [-0.39, 0.29) is 5.91 Å². The second-order valence-electron chi connectivity index (χ2n) is 9.82. The van der Waals surface area contributed by atoms with Gasteiger partial charge >= 0.3 is 0 Å². The Kier molecular flexibility index (Phi) is 6.67. The number of anilines is 2. The molecule has 1 unspecified atom stereocenters. The van der Waals surface area contributed by atoms with E-state index in [4.69, 9.17) is 20.3 Å². The van der Waals surface area contributed by atoms with Gasteiger partial charge in [0.25, 0.3) is 5.91 Å². The van der Waals surface area contributed by atoms with Gasteiger partial charge in [0, 0.05) is 65.1 Å². The highest BCUT2D eigenvalue weighted by molar-refractivity contribution is 6.17. The number of nitrogens with two attached hydrogens (primary N) is 1. The first-order chi connectivity index (χ1) is 20.0. The number of aliphatic imine (C=N–C) groups is 1. The number of amides is 1. The molecule has 2 N–H and O–H groups in total. The van der Waals surface area contributed by atoms with Gasteiger partial charge in [-0.05, 0) is 56.3 Å². The highest BCUT2D eigenvalue weighted by atomic mass is 16.5. The van der Waals surface area contributed by atoms with Crippen LogP contribution in [0.25, 0.3) is 0 Å². The van der Waals surface area contributed by atoms with Gasteiger partial charge in [0.05, 0.1) is 19.0 Å². The molecule has 0 bridgehead atoms. The van der Waals surface area contributed by atoms with Gasteiger partial charge in [-0.15, -0.1) is 0 Å². The third-order valence-electron chi connectivity index (χ3n) is 7.70. The Morgan fingerprint density at radius 2 is 1.61 bits per heavy atom. The molecule has 0 fully saturated rings. The van der Waals surface area contributed by atoms with E-state index in [2.05, 4.69) is 29.8 Å². The number of ether oxygens (including phenoxy) is 2. The van der Waals surface area contributed by atoms with Gasteiger partial charge in [0.15, 0.2) is 0 Å². The lowest BCUT2D eigenvalue weighted by molar-refractivity contribution is 0.0675. The van der Waals surface area contributed by atoms with Crippen LogP contribution in [0.3, 0.4) is 0 Å². The molecule has 206 valence electrons. The van der Waals surface area contributed by atoms with Crippen molar-refractivity contribution >= 4 is 35.4 Å². The molecule has 1 atom stereocenters. The molecule has 2 aliphatic rings. The standard InChI is InChI=1S/C33H31N5O3/c1-4-37(5-2)24-13-17-29-31(21-24)41-30-20-22(34)10-16-28(30)33(29)27-9-7-6-8-26(27)32(39)38(33)36-19-18-35-23-11-14-25(40-3)15-12-23/h6-21H,4-5,34H2,1-3H3/b35-18?,36-19+. The van der Waals surface area contributed by atoms with Crippen molar-refractivity contribution < 1.29 is 14.3 Å². The van der Waals surface area contributed by atoms with Crippen molar-refractivity contribution in [1.82, 2.24) is 5.01 Å². The van der Waals surface area contributed by atoms with Gasteiger partial charge in [-0.3, -0.25) is 9.79 Å². The van der Waals surface area contributed by atoms with E-state index < -0.39 is 5.54 Å². The molecule has 0 saturated carbocycles. The first kappa shape index (κ1) is 26.1. The number of carbonyl (C=O) groups is 1. The van der Waals surface area contributed by atoms with Crippen LogP contribution in [0.2, 0.25) is 0 Å². The minimum absolute atomic E-state index is 0.210. The number of fused-ring (bicyclic) bond motifs is 6. The summed E-state index contributed by atoms with van der Waals surface area (Å²) in [6, 6.07) is 26.8. The van der Waals surface area contributed by atoms with Crippen molar-refractivity contribution in [3.8, 4) is 17.2 Å². The molecular formula is C33H31N5O3. The van der Waals surface area contributed by atoms with E-state index in [9.17, 15) is 4.79 Å². The van der Waals surface area contributed by atoms with Crippen molar-refractivity contribution in [2.24, 2.45) is 10.1 Å². The second kappa shape index (κ2) is 10.5. The Morgan fingerprint density at radius 1 is 0.902 bits per heavy atom. The zero-order valence-corrected chi connectivity index (χ0v) is 23.2. The van der Waals surface area contributed by atoms with Gasteiger partial charge in [0.1, 0.15) is 22.8 Å². The summed E-state index contributed by atoms with van der Waals surface area (Å²) in [6.07, 6.45) is 3.13. The van der Waals surface area contributed by atoms with Crippen LogP contribution in [-0.2, 0) is 5.54 Å². The molecule has 0 aliphatic carbocycles. The number of carbonyl (C=O) groups excluding carboxylic acids is 1. The maximum atomic E-state index is 14.0. The van der Waals surface area contributed by atoms with E-state index in [1.807, 2.05) is 78.9 Å². The fraction of sp³-hybridized carbons (Fsp3) is 0.182. The summed E-state index contributed by atoms with van der Waals surface area (Å²) in [5.41, 5.74) is 10.5. The summed E-state index contributed by atoms with van der Waals surface area (Å²) in [5.74, 6) is 1.79. The van der Waals surface area contributed by atoms with Crippen molar-refractivity contribution in [2.45, 2.75) is 19.4 Å². The molecule has 8 nitrogen and oxygen atoms in total. The number of rotatable bonds is 7. The molecule has 2 aliphatic heterocycles. The van der Waals surface area contributed by atoms with Crippen LogP contribution >= 0.6 is 0 Å². The van der Waals surface area contributed by atoms with Gasteiger partial charge < -0.3 is 20.1 Å². The van der Waals surface area contributed by atoms with Gasteiger partial charge in [-0.2, -0.15) is 5.10 Å². The zero-order valence-electron chi connectivity index (χ0n) is 23.2. The van der Waals surface area contributed by atoms with Crippen LogP contribution in [0.4, 0.5) is 17.1 Å². The van der Waals surface area contributed by atoms with Crippen molar-refractivity contribution in [3.63, 3.8) is 0 Å². The SMILES string of the molecule is CCN(CC)c1ccc2c(c1)Oc1cc(N)ccc1C21c2ccccc2C(=O)N1/N=C/C=Nc1ccc(OC)cc1. The molecule has 41 heavy (non-hydrogen) atoms. The summed E-state index contributed by atoms with van der Waals surface area (Å²) >= 11 is 0. The predicted octanol–water partition coefficient (Wildman–Crippen LogP) is 6.37. The maximum absolute atomic E-state index is 14.0. The van der Waals surface area contributed by atoms with E-state index in [1.54, 1.807) is 24.5 Å². The molecule has 2 heterocycles. The smallest absolute Gasteiger partial charge is 0.275 e. The lowest BCUT2D eigenvalue weighted by Crippen LogP contribution is -2.44. The summed E-state index contributed by atoms with van der Waals surface area (Å²) in [5, 5.41) is 6.29. The monoisotopic (exact) mass is 545 g/mol. The number of benzene rings is 4. The minimum atomic E-state index is -1.06. The number of hydrogen-bond donors (Lipinski definition) is 1. The topological polar surface area (TPSA) is 92.8 Å². The number of nitrogens with zero attached hydrogens (tertiary/aromatic N) is 4. The molecule has 6 rings (SSSR count). The average molecular weight is 546 g/mol. The molecule has 4 aromatic carbocycles. The summed E-state index contributed by atoms with van der Waals surface area (Å²) in [6.45, 7) is 5.96. The Bertz CT molecular complexity index is 1680. The largest absolute Gasteiger partial charge is 0.497 e. The lowest BCUT2D eigenvalue weighted by Gasteiger charge is -2.42. The number of hydrogen-bond acceptors (Lipinski definition) is 7. The molecule has 1 spiro atoms. The Labute approximate surface area is 239 Å². The Balaban J connectivity index is 1.53. The van der Waals surface area contributed by atoms with Crippen molar-refractivity contribution in [1.29, 1.82) is 0 Å².